The van der Waals surface area contributed by atoms with Crippen molar-refractivity contribution in [1.29, 1.82) is 0 Å². The van der Waals surface area contributed by atoms with Crippen molar-refractivity contribution >= 4 is 12.1 Å². The van der Waals surface area contributed by atoms with Gasteiger partial charge in [-0.05, 0) is 40.0 Å². The van der Waals surface area contributed by atoms with E-state index in [1.807, 2.05) is 20.8 Å². The maximum absolute atomic E-state index is 12.2. The van der Waals surface area contributed by atoms with Gasteiger partial charge in [-0.25, -0.2) is 4.79 Å². The molecular weight excluding hydrogens is 356 g/mol. The first kappa shape index (κ1) is 22.8. The zero-order chi connectivity index (χ0) is 21.1. The van der Waals surface area contributed by atoms with E-state index in [9.17, 15) is 4.79 Å². The summed E-state index contributed by atoms with van der Waals surface area (Å²) in [6, 6.07) is 0.247. The van der Waals surface area contributed by atoms with Crippen molar-refractivity contribution in [3.63, 3.8) is 0 Å². The van der Waals surface area contributed by atoms with Crippen molar-refractivity contribution in [1.82, 2.24) is 16.0 Å². The number of rotatable bonds is 6. The summed E-state index contributed by atoms with van der Waals surface area (Å²) in [7, 11) is 0. The average Bonchev–Trinajstić information content (AvgIpc) is 3.01. The quantitative estimate of drug-likeness (QED) is 0.475. The van der Waals surface area contributed by atoms with Crippen LogP contribution >= 0.6 is 0 Å². The fraction of sp³-hybridized carbons (Fsp3) is 0.905. The van der Waals surface area contributed by atoms with Crippen LogP contribution in [0.3, 0.4) is 0 Å². The lowest BCUT2D eigenvalue weighted by atomic mass is 9.57. The van der Waals surface area contributed by atoms with E-state index in [1.54, 1.807) is 0 Å². The third-order valence-electron chi connectivity index (χ3n) is 5.69. The zero-order valence-electron chi connectivity index (χ0n) is 18.9. The monoisotopic (exact) mass is 396 g/mol. The van der Waals surface area contributed by atoms with Gasteiger partial charge in [-0.15, -0.1) is 0 Å². The number of hydrogen-bond donors (Lipinski definition) is 3. The minimum Gasteiger partial charge on any atom is -0.444 e. The number of guanidine groups is 1. The van der Waals surface area contributed by atoms with Crippen LogP contribution < -0.4 is 16.0 Å². The van der Waals surface area contributed by atoms with Crippen LogP contribution in [0.2, 0.25) is 0 Å². The first-order chi connectivity index (χ1) is 13.0. The Morgan fingerprint density at radius 3 is 2.57 bits per heavy atom. The summed E-state index contributed by atoms with van der Waals surface area (Å²) in [5, 5.41) is 9.92. The molecule has 1 aliphatic carbocycles. The smallest absolute Gasteiger partial charge is 0.407 e. The van der Waals surface area contributed by atoms with Crippen LogP contribution in [-0.2, 0) is 9.47 Å². The molecule has 0 bridgehead atoms. The fourth-order valence-corrected chi connectivity index (χ4v) is 4.16. The topological polar surface area (TPSA) is 84.0 Å². The first-order valence-electron chi connectivity index (χ1n) is 10.6. The summed E-state index contributed by atoms with van der Waals surface area (Å²) < 4.78 is 11.3. The van der Waals surface area contributed by atoms with Gasteiger partial charge in [-0.2, -0.15) is 0 Å². The summed E-state index contributed by atoms with van der Waals surface area (Å²) >= 11 is 0. The fourth-order valence-electron chi connectivity index (χ4n) is 4.16. The van der Waals surface area contributed by atoms with E-state index in [0.29, 0.717) is 24.6 Å². The van der Waals surface area contributed by atoms with Crippen molar-refractivity contribution in [2.75, 3.05) is 19.7 Å². The zero-order valence-corrected chi connectivity index (χ0v) is 18.9. The van der Waals surface area contributed by atoms with Crippen molar-refractivity contribution in [3.8, 4) is 0 Å². The van der Waals surface area contributed by atoms with Gasteiger partial charge < -0.3 is 25.4 Å². The molecule has 0 radical (unpaired) electrons. The molecule has 2 rings (SSSR count). The van der Waals surface area contributed by atoms with Crippen molar-refractivity contribution in [2.45, 2.75) is 85.6 Å². The van der Waals surface area contributed by atoms with E-state index in [-0.39, 0.29) is 17.4 Å². The first-order valence-corrected chi connectivity index (χ1v) is 10.6. The van der Waals surface area contributed by atoms with Gasteiger partial charge in [-0.3, -0.25) is 4.99 Å². The molecule has 0 spiro atoms. The number of carbonyl (C=O) groups is 1. The van der Waals surface area contributed by atoms with Gasteiger partial charge in [0, 0.05) is 30.5 Å². The van der Waals surface area contributed by atoms with E-state index >= 15 is 0 Å². The van der Waals surface area contributed by atoms with E-state index < -0.39 is 11.7 Å². The van der Waals surface area contributed by atoms with Crippen LogP contribution in [-0.4, -0.2) is 55.5 Å². The number of ether oxygens (including phenoxy) is 2. The number of alkyl carbamates (subject to hydrolysis) is 1. The molecule has 1 amide bonds. The second-order valence-corrected chi connectivity index (χ2v) is 9.90. The molecule has 3 N–H and O–H groups in total. The molecule has 1 heterocycles. The van der Waals surface area contributed by atoms with E-state index in [2.05, 4.69) is 50.6 Å². The minimum absolute atomic E-state index is 0.0869. The number of nitrogens with zero attached hydrogens (tertiary/aromatic N) is 1. The molecule has 162 valence electrons. The number of amides is 1. The largest absolute Gasteiger partial charge is 0.444 e. The lowest BCUT2D eigenvalue weighted by Crippen LogP contribution is -2.68. The summed E-state index contributed by atoms with van der Waals surface area (Å²) in [5.41, 5.74) is -0.426. The number of fused-ring (bicyclic) bond motifs is 1. The van der Waals surface area contributed by atoms with E-state index in [0.717, 1.165) is 25.5 Å². The Kier molecular flexibility index (Phi) is 7.23. The predicted molar refractivity (Wildman–Crippen MR) is 113 cm³/mol. The highest BCUT2D eigenvalue weighted by Gasteiger charge is 2.59. The van der Waals surface area contributed by atoms with Crippen LogP contribution in [0.1, 0.15) is 61.8 Å². The van der Waals surface area contributed by atoms with Crippen LogP contribution in [0.25, 0.3) is 0 Å². The van der Waals surface area contributed by atoms with Gasteiger partial charge >= 0.3 is 6.09 Å². The number of carbonyl (C=O) groups excluding carboxylic acids is 1. The maximum atomic E-state index is 12.2. The van der Waals surface area contributed by atoms with Gasteiger partial charge in [0.2, 0.25) is 0 Å². The molecule has 1 saturated carbocycles. The highest BCUT2D eigenvalue weighted by Crippen LogP contribution is 2.52. The summed E-state index contributed by atoms with van der Waals surface area (Å²) in [4.78, 5) is 16.9. The molecule has 0 aromatic carbocycles. The molecule has 2 fully saturated rings. The van der Waals surface area contributed by atoms with Gasteiger partial charge in [0.1, 0.15) is 5.60 Å². The highest BCUT2D eigenvalue weighted by atomic mass is 16.6. The molecule has 0 aromatic heterocycles. The molecule has 7 heteroatoms. The van der Waals surface area contributed by atoms with Gasteiger partial charge in [0.15, 0.2) is 5.96 Å². The van der Waals surface area contributed by atoms with Gasteiger partial charge in [-0.1, -0.05) is 27.7 Å². The Morgan fingerprint density at radius 2 is 2.00 bits per heavy atom. The second-order valence-electron chi connectivity index (χ2n) is 9.90. The van der Waals surface area contributed by atoms with Crippen LogP contribution in [0.4, 0.5) is 4.79 Å². The average molecular weight is 397 g/mol. The normalized spacial score (nSPS) is 27.6. The molecule has 7 nitrogen and oxygen atoms in total. The molecular formula is C21H40N4O3. The molecule has 0 aromatic rings. The summed E-state index contributed by atoms with van der Waals surface area (Å²) in [5.74, 6) is 1.58. The SMILES string of the molecule is CCNC(=NCC(NC(=O)OC(C)(C)C)C(C)C)NC1C2CCOC2C1(C)C. The van der Waals surface area contributed by atoms with Gasteiger partial charge in [0.25, 0.3) is 0 Å². The molecule has 4 unspecified atom stereocenters. The number of hydrogen-bond acceptors (Lipinski definition) is 4. The maximum Gasteiger partial charge on any atom is 0.407 e. The lowest BCUT2D eigenvalue weighted by molar-refractivity contribution is -0.106. The molecule has 1 saturated heterocycles. The minimum atomic E-state index is -0.513. The molecule has 4 atom stereocenters. The molecule has 28 heavy (non-hydrogen) atoms. The third kappa shape index (κ3) is 5.52. The Balaban J connectivity index is 2.00. The summed E-state index contributed by atoms with van der Waals surface area (Å²) in [6.07, 6.45) is 1.04. The van der Waals surface area contributed by atoms with Crippen molar-refractivity contribution in [3.05, 3.63) is 0 Å². The van der Waals surface area contributed by atoms with Crippen molar-refractivity contribution in [2.24, 2.45) is 22.2 Å². The second kappa shape index (κ2) is 8.89. The molecule has 2 aliphatic rings. The summed E-state index contributed by atoms with van der Waals surface area (Å²) in [6.45, 7) is 18.4. The van der Waals surface area contributed by atoms with Crippen LogP contribution in [0, 0.1) is 17.3 Å². The van der Waals surface area contributed by atoms with Crippen molar-refractivity contribution < 1.29 is 14.3 Å². The van der Waals surface area contributed by atoms with Crippen LogP contribution in [0.15, 0.2) is 4.99 Å². The Bertz CT molecular complexity index is 568. The highest BCUT2D eigenvalue weighted by molar-refractivity contribution is 5.80. The number of nitrogens with one attached hydrogen (secondary N) is 3. The Morgan fingerprint density at radius 1 is 1.32 bits per heavy atom. The predicted octanol–water partition coefficient (Wildman–Crippen LogP) is 2.90. The van der Waals surface area contributed by atoms with Gasteiger partial charge in [0.05, 0.1) is 18.7 Å². The molecule has 1 aliphatic heterocycles. The van der Waals surface area contributed by atoms with Crippen LogP contribution in [0.5, 0.6) is 0 Å². The van der Waals surface area contributed by atoms with E-state index in [4.69, 9.17) is 14.5 Å². The third-order valence-corrected chi connectivity index (χ3v) is 5.69. The lowest BCUT2D eigenvalue weighted by Gasteiger charge is -2.54. The standard InChI is InChI=1S/C21H40N4O3/c1-9-22-18(25-16-14-10-11-27-17(14)21(16,7)8)23-12-15(13(2)3)24-19(26)28-20(4,5)6/h13-17H,9-12H2,1-8H3,(H,24,26)(H2,22,23,25). The number of aliphatic imine (C=N–C) groups is 1. The van der Waals surface area contributed by atoms with E-state index in [1.165, 1.54) is 0 Å². The Hall–Kier alpha value is -1.50. The Labute approximate surface area is 170 Å².